The Hall–Kier alpha value is -1.81. The molecule has 1 aliphatic heterocycles. The monoisotopic (exact) mass is 276 g/mol. The van der Waals surface area contributed by atoms with Crippen molar-refractivity contribution in [3.8, 4) is 6.01 Å². The number of nitrogens with zero attached hydrogens (tertiary/aromatic N) is 4. The molecular formula is C9H14F2N6O2. The van der Waals surface area contributed by atoms with Crippen LogP contribution in [0.2, 0.25) is 0 Å². The van der Waals surface area contributed by atoms with Crippen molar-refractivity contribution >= 4 is 11.9 Å². The molecule has 1 aliphatic rings. The standard InChI is InChI=1S/C9H14F2N6O2/c10-6(11)5-19-9-14-7(16-12)13-8(15-9)17-1-3-18-4-2-17/h6H,1-5,12H2,(H,13,14,15,16). The van der Waals surface area contributed by atoms with Crippen LogP contribution in [-0.2, 0) is 4.74 Å². The van der Waals surface area contributed by atoms with Gasteiger partial charge in [0.1, 0.15) is 0 Å². The number of ether oxygens (including phenoxy) is 2. The van der Waals surface area contributed by atoms with Gasteiger partial charge in [0.15, 0.2) is 6.61 Å². The minimum Gasteiger partial charge on any atom is -0.457 e. The van der Waals surface area contributed by atoms with Gasteiger partial charge in [0.05, 0.1) is 13.2 Å². The van der Waals surface area contributed by atoms with Gasteiger partial charge in [0.2, 0.25) is 11.9 Å². The van der Waals surface area contributed by atoms with Crippen LogP contribution in [0, 0.1) is 0 Å². The normalized spacial score (nSPS) is 15.7. The highest BCUT2D eigenvalue weighted by Crippen LogP contribution is 2.16. The molecule has 0 spiro atoms. The van der Waals surface area contributed by atoms with E-state index >= 15 is 0 Å². The van der Waals surface area contributed by atoms with Crippen LogP contribution in [0.5, 0.6) is 6.01 Å². The summed E-state index contributed by atoms with van der Waals surface area (Å²) in [6, 6.07) is -0.190. The van der Waals surface area contributed by atoms with Gasteiger partial charge in [-0.25, -0.2) is 14.6 Å². The molecule has 19 heavy (non-hydrogen) atoms. The van der Waals surface area contributed by atoms with Crippen molar-refractivity contribution in [1.29, 1.82) is 0 Å². The molecule has 0 aliphatic carbocycles. The summed E-state index contributed by atoms with van der Waals surface area (Å²) >= 11 is 0. The topological polar surface area (TPSA) is 98.4 Å². The van der Waals surface area contributed by atoms with Crippen molar-refractivity contribution < 1.29 is 18.3 Å². The summed E-state index contributed by atoms with van der Waals surface area (Å²) in [4.78, 5) is 13.6. The van der Waals surface area contributed by atoms with Crippen LogP contribution in [0.1, 0.15) is 0 Å². The molecule has 8 nitrogen and oxygen atoms in total. The first kappa shape index (κ1) is 13.6. The molecule has 2 rings (SSSR count). The second kappa shape index (κ2) is 6.38. The molecule has 2 heterocycles. The molecule has 0 unspecified atom stereocenters. The van der Waals surface area contributed by atoms with Crippen molar-refractivity contribution in [3.05, 3.63) is 0 Å². The van der Waals surface area contributed by atoms with E-state index in [-0.39, 0.29) is 12.0 Å². The lowest BCUT2D eigenvalue weighted by Crippen LogP contribution is -2.37. The quantitative estimate of drug-likeness (QED) is 0.555. The largest absolute Gasteiger partial charge is 0.457 e. The van der Waals surface area contributed by atoms with E-state index in [2.05, 4.69) is 20.4 Å². The molecule has 3 N–H and O–H groups in total. The maximum Gasteiger partial charge on any atom is 0.323 e. The second-order valence-electron chi connectivity index (χ2n) is 3.69. The van der Waals surface area contributed by atoms with Crippen molar-refractivity contribution in [2.24, 2.45) is 5.84 Å². The number of morpholine rings is 1. The van der Waals surface area contributed by atoms with Gasteiger partial charge in [-0.15, -0.1) is 0 Å². The summed E-state index contributed by atoms with van der Waals surface area (Å²) in [5.74, 6) is 5.59. The highest BCUT2D eigenvalue weighted by Gasteiger charge is 2.17. The highest BCUT2D eigenvalue weighted by atomic mass is 19.3. The third-order valence-electron chi connectivity index (χ3n) is 2.36. The zero-order chi connectivity index (χ0) is 13.7. The number of hydrazine groups is 1. The Balaban J connectivity index is 2.14. The van der Waals surface area contributed by atoms with Gasteiger partial charge >= 0.3 is 6.01 Å². The van der Waals surface area contributed by atoms with Gasteiger partial charge in [-0.3, -0.25) is 5.43 Å². The number of hydrogen-bond acceptors (Lipinski definition) is 8. The minimum atomic E-state index is -2.60. The van der Waals surface area contributed by atoms with Gasteiger partial charge in [0.25, 0.3) is 6.43 Å². The Labute approximate surface area is 107 Å². The number of hydrogen-bond donors (Lipinski definition) is 2. The van der Waals surface area contributed by atoms with Gasteiger partial charge in [-0.2, -0.15) is 15.0 Å². The highest BCUT2D eigenvalue weighted by molar-refractivity contribution is 5.37. The molecule has 1 aromatic heterocycles. The first-order chi connectivity index (χ1) is 9.19. The lowest BCUT2D eigenvalue weighted by molar-refractivity contribution is 0.0769. The molecule has 0 bridgehead atoms. The number of alkyl halides is 2. The van der Waals surface area contributed by atoms with Gasteiger partial charge < -0.3 is 14.4 Å². The van der Waals surface area contributed by atoms with Crippen molar-refractivity contribution in [2.75, 3.05) is 43.2 Å². The van der Waals surface area contributed by atoms with Crippen LogP contribution >= 0.6 is 0 Å². The fourth-order valence-electron chi connectivity index (χ4n) is 1.52. The molecule has 106 valence electrons. The number of nitrogen functional groups attached to an aromatic ring is 1. The number of nitrogens with two attached hydrogens (primary N) is 1. The number of halogens is 2. The number of nitrogens with one attached hydrogen (secondary N) is 1. The number of aromatic nitrogens is 3. The SMILES string of the molecule is NNc1nc(OCC(F)F)nc(N2CCOCC2)n1. The zero-order valence-corrected chi connectivity index (χ0v) is 10.1. The summed E-state index contributed by atoms with van der Waals surface area (Å²) in [6.07, 6.45) is -2.60. The molecule has 0 atom stereocenters. The summed E-state index contributed by atoms with van der Waals surface area (Å²) in [6.45, 7) is 1.51. The Kier molecular flexibility index (Phi) is 4.58. The molecule has 0 amide bonds. The molecular weight excluding hydrogens is 262 g/mol. The van der Waals surface area contributed by atoms with Gasteiger partial charge in [-0.05, 0) is 0 Å². The van der Waals surface area contributed by atoms with Crippen LogP contribution in [0.25, 0.3) is 0 Å². The van der Waals surface area contributed by atoms with E-state index in [0.717, 1.165) is 0 Å². The summed E-state index contributed by atoms with van der Waals surface area (Å²) in [5, 5.41) is 0. The van der Waals surface area contributed by atoms with Crippen molar-refractivity contribution in [2.45, 2.75) is 6.43 Å². The van der Waals surface area contributed by atoms with Crippen molar-refractivity contribution in [3.63, 3.8) is 0 Å². The Morgan fingerprint density at radius 2 is 2.05 bits per heavy atom. The molecule has 10 heteroatoms. The Bertz CT molecular complexity index is 416. The first-order valence-electron chi connectivity index (χ1n) is 5.65. The number of anilines is 2. The third kappa shape index (κ3) is 3.83. The van der Waals surface area contributed by atoms with Crippen LogP contribution in [0.4, 0.5) is 20.7 Å². The molecule has 1 aromatic rings. The van der Waals surface area contributed by atoms with Crippen molar-refractivity contribution in [1.82, 2.24) is 15.0 Å². The predicted octanol–water partition coefficient (Wildman–Crippen LogP) is -0.362. The maximum absolute atomic E-state index is 12.1. The zero-order valence-electron chi connectivity index (χ0n) is 10.1. The van der Waals surface area contributed by atoms with Crippen LogP contribution in [0.3, 0.4) is 0 Å². The smallest absolute Gasteiger partial charge is 0.323 e. The third-order valence-corrected chi connectivity index (χ3v) is 2.36. The molecule has 0 aromatic carbocycles. The first-order valence-corrected chi connectivity index (χ1v) is 5.65. The average molecular weight is 276 g/mol. The second-order valence-corrected chi connectivity index (χ2v) is 3.69. The van der Waals surface area contributed by atoms with Gasteiger partial charge in [-0.1, -0.05) is 0 Å². The van der Waals surface area contributed by atoms with Gasteiger partial charge in [0, 0.05) is 13.1 Å². The number of rotatable bonds is 5. The molecule has 1 saturated heterocycles. The molecule has 1 fully saturated rings. The fourth-order valence-corrected chi connectivity index (χ4v) is 1.52. The lowest BCUT2D eigenvalue weighted by atomic mass is 10.4. The lowest BCUT2D eigenvalue weighted by Gasteiger charge is -2.26. The van der Waals surface area contributed by atoms with E-state index in [1.807, 2.05) is 4.90 Å². The molecule has 0 saturated carbocycles. The summed E-state index contributed by atoms with van der Waals surface area (Å²) in [5.41, 5.74) is 2.25. The van der Waals surface area contributed by atoms with Crippen LogP contribution < -0.4 is 20.9 Å². The minimum absolute atomic E-state index is 0.0563. The molecule has 0 radical (unpaired) electrons. The van der Waals surface area contributed by atoms with Crippen LogP contribution in [-0.4, -0.2) is 54.3 Å². The summed E-state index contributed by atoms with van der Waals surface area (Å²) in [7, 11) is 0. The summed E-state index contributed by atoms with van der Waals surface area (Å²) < 4.78 is 34.2. The van der Waals surface area contributed by atoms with E-state index in [9.17, 15) is 8.78 Å². The van der Waals surface area contributed by atoms with E-state index in [0.29, 0.717) is 32.3 Å². The average Bonchev–Trinajstić information content (AvgIpc) is 2.45. The van der Waals surface area contributed by atoms with E-state index in [1.165, 1.54) is 0 Å². The Morgan fingerprint density at radius 1 is 1.32 bits per heavy atom. The Morgan fingerprint density at radius 3 is 2.68 bits per heavy atom. The fraction of sp³-hybridized carbons (Fsp3) is 0.667. The van der Waals surface area contributed by atoms with E-state index in [4.69, 9.17) is 15.3 Å². The van der Waals surface area contributed by atoms with E-state index < -0.39 is 13.0 Å². The maximum atomic E-state index is 12.1. The predicted molar refractivity (Wildman–Crippen MR) is 62.2 cm³/mol. The van der Waals surface area contributed by atoms with Crippen LogP contribution in [0.15, 0.2) is 0 Å². The van der Waals surface area contributed by atoms with E-state index in [1.54, 1.807) is 0 Å².